The molecule has 0 amide bonds. The molecular formula is C17H33NO5. The summed E-state index contributed by atoms with van der Waals surface area (Å²) in [6.07, 6.45) is 8.76. The first-order valence-corrected chi connectivity index (χ1v) is 8.59. The van der Waals surface area contributed by atoms with E-state index in [1.165, 1.54) is 19.3 Å². The molecule has 0 aromatic carbocycles. The molecule has 136 valence electrons. The van der Waals surface area contributed by atoms with Crippen LogP contribution in [-0.2, 0) is 9.53 Å². The average Bonchev–Trinajstić information content (AvgIpc) is 2.52. The largest absolute Gasteiger partial charge is 0.550 e. The molecule has 0 radical (unpaired) electrons. The Balaban J connectivity index is 4.13. The van der Waals surface area contributed by atoms with E-state index in [0.29, 0.717) is 43.9 Å². The van der Waals surface area contributed by atoms with Crippen LogP contribution in [0.1, 0.15) is 39.0 Å². The standard InChI is InChI=1S/C17H33NO5/c1-2-3-4-5-6-7-15-23-16-12-18(10-13-19,11-14-20)9-8-17(21)22/h6-7,19-20H,2-5,8-16H2,1H3/b7-6+. The summed E-state index contributed by atoms with van der Waals surface area (Å²) in [5.74, 6) is -1.11. The SMILES string of the molecule is CCCCC/C=C/COCC[N+](CCO)(CCO)CCC(=O)[O-]. The molecule has 0 saturated heterocycles. The highest BCUT2D eigenvalue weighted by Gasteiger charge is 2.25. The monoisotopic (exact) mass is 331 g/mol. The number of hydrogen-bond donors (Lipinski definition) is 2. The van der Waals surface area contributed by atoms with Crippen molar-refractivity contribution in [2.45, 2.75) is 39.0 Å². The second kappa shape index (κ2) is 14.6. The lowest BCUT2D eigenvalue weighted by Gasteiger charge is -2.38. The Morgan fingerprint density at radius 1 is 1.09 bits per heavy atom. The molecule has 0 rings (SSSR count). The van der Waals surface area contributed by atoms with Crippen LogP contribution in [-0.4, -0.2) is 73.3 Å². The van der Waals surface area contributed by atoms with Crippen molar-refractivity contribution in [3.05, 3.63) is 12.2 Å². The molecular weight excluding hydrogens is 298 g/mol. The Kier molecular flexibility index (Phi) is 14.0. The van der Waals surface area contributed by atoms with E-state index in [4.69, 9.17) is 4.74 Å². The van der Waals surface area contributed by atoms with Crippen molar-refractivity contribution >= 4 is 5.97 Å². The number of allylic oxidation sites excluding steroid dienone is 1. The van der Waals surface area contributed by atoms with Gasteiger partial charge in [-0.25, -0.2) is 0 Å². The van der Waals surface area contributed by atoms with Crippen LogP contribution in [0.25, 0.3) is 0 Å². The van der Waals surface area contributed by atoms with E-state index in [-0.39, 0.29) is 19.6 Å². The lowest BCUT2D eigenvalue weighted by atomic mass is 10.2. The summed E-state index contributed by atoms with van der Waals surface area (Å²) in [5.41, 5.74) is 0. The molecule has 0 spiro atoms. The molecule has 0 aliphatic carbocycles. The Labute approximate surface area is 140 Å². The maximum atomic E-state index is 10.7. The van der Waals surface area contributed by atoms with Crippen LogP contribution in [0.15, 0.2) is 12.2 Å². The Morgan fingerprint density at radius 3 is 2.35 bits per heavy atom. The predicted molar refractivity (Wildman–Crippen MR) is 87.6 cm³/mol. The zero-order valence-corrected chi connectivity index (χ0v) is 14.4. The van der Waals surface area contributed by atoms with E-state index in [1.54, 1.807) is 0 Å². The fourth-order valence-corrected chi connectivity index (χ4v) is 2.53. The smallest absolute Gasteiger partial charge is 0.103 e. The molecule has 0 aliphatic heterocycles. The topological polar surface area (TPSA) is 89.8 Å². The first-order chi connectivity index (χ1) is 11.1. The fourth-order valence-electron chi connectivity index (χ4n) is 2.53. The van der Waals surface area contributed by atoms with Gasteiger partial charge in [-0.2, -0.15) is 0 Å². The predicted octanol–water partition coefficient (Wildman–Crippen LogP) is 0.0809. The van der Waals surface area contributed by atoms with Crippen LogP contribution >= 0.6 is 0 Å². The molecule has 6 heteroatoms. The van der Waals surface area contributed by atoms with Crippen molar-refractivity contribution in [1.29, 1.82) is 0 Å². The number of carbonyl (C=O) groups excluding carboxylic acids is 1. The number of unbranched alkanes of at least 4 members (excludes halogenated alkanes) is 3. The van der Waals surface area contributed by atoms with E-state index in [0.717, 1.165) is 6.42 Å². The summed E-state index contributed by atoms with van der Waals surface area (Å²) in [6, 6.07) is 0. The van der Waals surface area contributed by atoms with Gasteiger partial charge in [-0.15, -0.1) is 0 Å². The minimum absolute atomic E-state index is 0.0512. The molecule has 0 fully saturated rings. The number of carboxylic acid groups (broad SMARTS) is 1. The van der Waals surface area contributed by atoms with Gasteiger partial charge in [0.15, 0.2) is 0 Å². The third-order valence-corrected chi connectivity index (χ3v) is 4.00. The second-order valence-corrected chi connectivity index (χ2v) is 5.85. The van der Waals surface area contributed by atoms with Gasteiger partial charge >= 0.3 is 0 Å². The van der Waals surface area contributed by atoms with Gasteiger partial charge in [0, 0.05) is 12.4 Å². The van der Waals surface area contributed by atoms with Gasteiger partial charge in [0.2, 0.25) is 0 Å². The average molecular weight is 331 g/mol. The van der Waals surface area contributed by atoms with Gasteiger partial charge in [0.05, 0.1) is 33.0 Å². The molecule has 0 bridgehead atoms. The van der Waals surface area contributed by atoms with Crippen LogP contribution in [0, 0.1) is 0 Å². The minimum Gasteiger partial charge on any atom is -0.550 e. The van der Waals surface area contributed by atoms with Crippen LogP contribution in [0.3, 0.4) is 0 Å². The van der Waals surface area contributed by atoms with Crippen molar-refractivity contribution in [1.82, 2.24) is 0 Å². The molecule has 0 aromatic heterocycles. The summed E-state index contributed by atoms with van der Waals surface area (Å²) in [4.78, 5) is 10.7. The fraction of sp³-hybridized carbons (Fsp3) is 0.824. The quantitative estimate of drug-likeness (QED) is 0.237. The Hall–Kier alpha value is -0.950. The Morgan fingerprint density at radius 2 is 1.78 bits per heavy atom. The van der Waals surface area contributed by atoms with Crippen molar-refractivity contribution in [3.8, 4) is 0 Å². The van der Waals surface area contributed by atoms with Gasteiger partial charge in [0.1, 0.15) is 19.6 Å². The highest BCUT2D eigenvalue weighted by molar-refractivity contribution is 5.64. The number of carbonyl (C=O) groups is 1. The van der Waals surface area contributed by atoms with Gasteiger partial charge in [-0.3, -0.25) is 0 Å². The second-order valence-electron chi connectivity index (χ2n) is 5.85. The lowest BCUT2D eigenvalue weighted by Crippen LogP contribution is -2.55. The highest BCUT2D eigenvalue weighted by Crippen LogP contribution is 2.08. The van der Waals surface area contributed by atoms with Crippen LogP contribution in [0.4, 0.5) is 0 Å². The minimum atomic E-state index is -1.11. The first-order valence-electron chi connectivity index (χ1n) is 8.59. The molecule has 0 aromatic rings. The number of quaternary nitrogens is 1. The molecule has 6 nitrogen and oxygen atoms in total. The van der Waals surface area contributed by atoms with Gasteiger partial charge in [-0.1, -0.05) is 31.9 Å². The van der Waals surface area contributed by atoms with E-state index < -0.39 is 5.97 Å². The molecule has 0 atom stereocenters. The van der Waals surface area contributed by atoms with Crippen LogP contribution in [0.5, 0.6) is 0 Å². The summed E-state index contributed by atoms with van der Waals surface area (Å²) in [5, 5.41) is 29.1. The number of carboxylic acids is 1. The zero-order chi connectivity index (χ0) is 17.4. The van der Waals surface area contributed by atoms with Crippen molar-refractivity contribution < 1.29 is 29.3 Å². The summed E-state index contributed by atoms with van der Waals surface area (Å²) < 4.78 is 5.90. The number of aliphatic hydroxyl groups is 2. The molecule has 0 unspecified atom stereocenters. The number of ether oxygens (including phenoxy) is 1. The van der Waals surface area contributed by atoms with Crippen molar-refractivity contribution in [2.75, 3.05) is 52.6 Å². The third kappa shape index (κ3) is 12.2. The Bertz CT molecular complexity index is 314. The normalized spacial score (nSPS) is 12.1. The van der Waals surface area contributed by atoms with Gasteiger partial charge < -0.3 is 29.3 Å². The lowest BCUT2D eigenvalue weighted by molar-refractivity contribution is -0.928. The molecule has 0 heterocycles. The molecule has 2 N–H and O–H groups in total. The summed E-state index contributed by atoms with van der Waals surface area (Å²) in [6.45, 7) is 4.79. The molecule has 0 aliphatic rings. The molecule has 0 saturated carbocycles. The van der Waals surface area contributed by atoms with E-state index >= 15 is 0 Å². The summed E-state index contributed by atoms with van der Waals surface area (Å²) in [7, 11) is 0. The van der Waals surface area contributed by atoms with Crippen molar-refractivity contribution in [2.24, 2.45) is 0 Å². The number of rotatable bonds is 16. The van der Waals surface area contributed by atoms with Gasteiger partial charge in [-0.05, 0) is 12.8 Å². The zero-order valence-electron chi connectivity index (χ0n) is 14.4. The van der Waals surface area contributed by atoms with E-state index in [2.05, 4.69) is 13.0 Å². The van der Waals surface area contributed by atoms with E-state index in [9.17, 15) is 20.1 Å². The third-order valence-electron chi connectivity index (χ3n) is 4.00. The van der Waals surface area contributed by atoms with Gasteiger partial charge in [0.25, 0.3) is 0 Å². The van der Waals surface area contributed by atoms with Crippen LogP contribution < -0.4 is 5.11 Å². The van der Waals surface area contributed by atoms with Crippen molar-refractivity contribution in [3.63, 3.8) is 0 Å². The maximum absolute atomic E-state index is 10.7. The van der Waals surface area contributed by atoms with E-state index in [1.807, 2.05) is 6.08 Å². The number of hydrogen-bond acceptors (Lipinski definition) is 5. The number of nitrogens with zero attached hydrogens (tertiary/aromatic N) is 1. The number of aliphatic hydroxyl groups excluding tert-OH is 2. The van der Waals surface area contributed by atoms with Crippen LogP contribution in [0.2, 0.25) is 0 Å². The highest BCUT2D eigenvalue weighted by atomic mass is 16.5. The summed E-state index contributed by atoms with van der Waals surface area (Å²) >= 11 is 0. The first kappa shape index (κ1) is 22.1. The number of aliphatic carboxylic acids is 1. The molecule has 23 heavy (non-hydrogen) atoms. The maximum Gasteiger partial charge on any atom is 0.103 e.